The lowest BCUT2D eigenvalue weighted by Crippen LogP contribution is -2.11. The Morgan fingerprint density at radius 1 is 1.31 bits per heavy atom. The van der Waals surface area contributed by atoms with Crippen molar-refractivity contribution >= 4 is 17.3 Å². The highest BCUT2D eigenvalue weighted by molar-refractivity contribution is 6.30. The fraction of sp³-hybridized carbons (Fsp3) is 0.455. The zero-order valence-electron chi connectivity index (χ0n) is 8.23. The van der Waals surface area contributed by atoms with Gasteiger partial charge in [-0.25, -0.2) is 0 Å². The lowest BCUT2D eigenvalue weighted by Gasteiger charge is -2.17. The molecule has 0 aliphatic carbocycles. The third-order valence-electron chi connectivity index (χ3n) is 2.01. The Morgan fingerprint density at radius 3 is 2.85 bits per heavy atom. The minimum absolute atomic E-state index is 0.840. The monoisotopic (exact) mass is 197 g/mol. The minimum Gasteiger partial charge on any atom is -0.385 e. The van der Waals surface area contributed by atoms with Crippen molar-refractivity contribution in [2.75, 3.05) is 11.9 Å². The number of hydrogen-bond acceptors (Lipinski definition) is 1. The molecule has 0 saturated heterocycles. The molecule has 1 aliphatic heterocycles. The molecule has 0 atom stereocenters. The SMILES string of the molecule is CC.Clc1ccc2c(c1)CCCN2. The van der Waals surface area contributed by atoms with Crippen LogP contribution in [0.25, 0.3) is 0 Å². The van der Waals surface area contributed by atoms with Gasteiger partial charge in [-0.3, -0.25) is 0 Å². The predicted octanol–water partition coefficient (Wildman–Crippen LogP) is 3.72. The van der Waals surface area contributed by atoms with Gasteiger partial charge >= 0.3 is 0 Å². The summed E-state index contributed by atoms with van der Waals surface area (Å²) in [5, 5.41) is 4.17. The van der Waals surface area contributed by atoms with Gasteiger partial charge in [0, 0.05) is 17.3 Å². The Kier molecular flexibility index (Phi) is 4.10. The van der Waals surface area contributed by atoms with Gasteiger partial charge in [-0.2, -0.15) is 0 Å². The Labute approximate surface area is 85.1 Å². The van der Waals surface area contributed by atoms with Crippen molar-refractivity contribution in [1.29, 1.82) is 0 Å². The maximum Gasteiger partial charge on any atom is 0.0410 e. The molecule has 0 bridgehead atoms. The standard InChI is InChI=1S/C9H10ClN.C2H6/c10-8-3-4-9-7(6-8)2-1-5-11-9;1-2/h3-4,6,11H,1-2,5H2;1-2H3. The summed E-state index contributed by atoms with van der Waals surface area (Å²) in [6, 6.07) is 6.03. The molecule has 1 aromatic rings. The Balaban J connectivity index is 0.000000396. The summed E-state index contributed by atoms with van der Waals surface area (Å²) in [7, 11) is 0. The van der Waals surface area contributed by atoms with Crippen LogP contribution >= 0.6 is 11.6 Å². The highest BCUT2D eigenvalue weighted by atomic mass is 35.5. The lowest BCUT2D eigenvalue weighted by atomic mass is 10.0. The summed E-state index contributed by atoms with van der Waals surface area (Å²) in [5.74, 6) is 0. The molecule has 0 spiro atoms. The zero-order chi connectivity index (χ0) is 9.68. The quantitative estimate of drug-likeness (QED) is 0.669. The summed E-state index contributed by atoms with van der Waals surface area (Å²) in [4.78, 5) is 0. The summed E-state index contributed by atoms with van der Waals surface area (Å²) < 4.78 is 0. The Hall–Kier alpha value is -0.690. The molecule has 0 amide bonds. The van der Waals surface area contributed by atoms with Gasteiger partial charge in [0.05, 0.1) is 0 Å². The molecule has 72 valence electrons. The second-order valence-corrected chi connectivity index (χ2v) is 3.27. The molecule has 0 unspecified atom stereocenters. The second-order valence-electron chi connectivity index (χ2n) is 2.83. The van der Waals surface area contributed by atoms with Crippen LogP contribution in [0.2, 0.25) is 5.02 Å². The third-order valence-corrected chi connectivity index (χ3v) is 2.24. The van der Waals surface area contributed by atoms with Crippen LogP contribution in [0.1, 0.15) is 25.8 Å². The summed E-state index contributed by atoms with van der Waals surface area (Å²) in [5.41, 5.74) is 2.60. The lowest BCUT2D eigenvalue weighted by molar-refractivity contribution is 0.830. The van der Waals surface area contributed by atoms with Crippen molar-refractivity contribution in [2.45, 2.75) is 26.7 Å². The molecule has 0 fully saturated rings. The first-order chi connectivity index (χ1) is 6.36. The van der Waals surface area contributed by atoms with Crippen LogP contribution in [0.15, 0.2) is 18.2 Å². The normalized spacial score (nSPS) is 13.5. The molecule has 1 aliphatic rings. The number of nitrogens with one attached hydrogen (secondary N) is 1. The molecule has 0 radical (unpaired) electrons. The summed E-state index contributed by atoms with van der Waals surface area (Å²) >= 11 is 5.85. The first kappa shape index (κ1) is 10.4. The third kappa shape index (κ3) is 2.63. The number of rotatable bonds is 0. The first-order valence-corrected chi connectivity index (χ1v) is 5.26. The van der Waals surface area contributed by atoms with Crippen molar-refractivity contribution in [3.05, 3.63) is 28.8 Å². The number of fused-ring (bicyclic) bond motifs is 1. The van der Waals surface area contributed by atoms with Crippen molar-refractivity contribution in [3.63, 3.8) is 0 Å². The van der Waals surface area contributed by atoms with Crippen molar-refractivity contribution in [1.82, 2.24) is 0 Å². The Bertz CT molecular complexity index is 271. The van der Waals surface area contributed by atoms with E-state index >= 15 is 0 Å². The van der Waals surface area contributed by atoms with E-state index < -0.39 is 0 Å². The number of aryl methyl sites for hydroxylation is 1. The molecule has 0 saturated carbocycles. The van der Waals surface area contributed by atoms with Crippen molar-refractivity contribution < 1.29 is 0 Å². The van der Waals surface area contributed by atoms with Crippen LogP contribution in [0, 0.1) is 0 Å². The van der Waals surface area contributed by atoms with E-state index in [1.165, 1.54) is 17.7 Å². The topological polar surface area (TPSA) is 12.0 Å². The van der Waals surface area contributed by atoms with Crippen LogP contribution in [-0.4, -0.2) is 6.54 Å². The van der Waals surface area contributed by atoms with Gasteiger partial charge in [-0.1, -0.05) is 25.4 Å². The smallest absolute Gasteiger partial charge is 0.0410 e. The van der Waals surface area contributed by atoms with Crippen LogP contribution in [0.3, 0.4) is 0 Å². The molecule has 1 N–H and O–H groups in total. The van der Waals surface area contributed by atoms with Gasteiger partial charge in [0.1, 0.15) is 0 Å². The summed E-state index contributed by atoms with van der Waals surface area (Å²) in [6.45, 7) is 5.09. The fourth-order valence-electron chi connectivity index (χ4n) is 1.44. The van der Waals surface area contributed by atoms with Crippen LogP contribution in [0.4, 0.5) is 5.69 Å². The van der Waals surface area contributed by atoms with E-state index in [0.29, 0.717) is 0 Å². The number of halogens is 1. The highest BCUT2D eigenvalue weighted by Gasteiger charge is 2.07. The first-order valence-electron chi connectivity index (χ1n) is 4.88. The van der Waals surface area contributed by atoms with Crippen molar-refractivity contribution in [3.8, 4) is 0 Å². The molecule has 13 heavy (non-hydrogen) atoms. The van der Waals surface area contributed by atoms with Crippen molar-refractivity contribution in [2.24, 2.45) is 0 Å². The van der Waals surface area contributed by atoms with E-state index in [-0.39, 0.29) is 0 Å². The van der Waals surface area contributed by atoms with E-state index in [1.807, 2.05) is 26.0 Å². The number of hydrogen-bond donors (Lipinski definition) is 1. The van der Waals surface area contributed by atoms with E-state index in [9.17, 15) is 0 Å². The average molecular weight is 198 g/mol. The largest absolute Gasteiger partial charge is 0.385 e. The highest BCUT2D eigenvalue weighted by Crippen LogP contribution is 2.24. The maximum absolute atomic E-state index is 5.85. The molecule has 0 aromatic heterocycles. The molecule has 1 heterocycles. The van der Waals surface area contributed by atoms with Crippen LogP contribution in [0.5, 0.6) is 0 Å². The average Bonchev–Trinajstić information content (AvgIpc) is 2.21. The minimum atomic E-state index is 0.840. The maximum atomic E-state index is 5.85. The molecular formula is C11H16ClN. The van der Waals surface area contributed by atoms with Gasteiger partial charge in [0.2, 0.25) is 0 Å². The number of benzene rings is 1. The molecule has 1 aromatic carbocycles. The van der Waals surface area contributed by atoms with E-state index in [1.54, 1.807) is 0 Å². The van der Waals surface area contributed by atoms with Crippen LogP contribution in [-0.2, 0) is 6.42 Å². The molecule has 1 nitrogen and oxygen atoms in total. The van der Waals surface area contributed by atoms with Gasteiger partial charge in [0.25, 0.3) is 0 Å². The molecular weight excluding hydrogens is 182 g/mol. The van der Waals surface area contributed by atoms with Gasteiger partial charge < -0.3 is 5.32 Å². The van der Waals surface area contributed by atoms with Gasteiger partial charge in [-0.05, 0) is 36.6 Å². The van der Waals surface area contributed by atoms with E-state index in [0.717, 1.165) is 18.0 Å². The van der Waals surface area contributed by atoms with E-state index in [4.69, 9.17) is 11.6 Å². The molecule has 2 heteroatoms. The number of anilines is 1. The van der Waals surface area contributed by atoms with E-state index in [2.05, 4.69) is 11.4 Å². The second kappa shape index (κ2) is 5.13. The molecule has 2 rings (SSSR count). The van der Waals surface area contributed by atoms with Crippen LogP contribution < -0.4 is 5.32 Å². The Morgan fingerprint density at radius 2 is 2.08 bits per heavy atom. The fourth-order valence-corrected chi connectivity index (χ4v) is 1.64. The van der Waals surface area contributed by atoms with Gasteiger partial charge in [0.15, 0.2) is 0 Å². The zero-order valence-corrected chi connectivity index (χ0v) is 8.99. The van der Waals surface area contributed by atoms with Gasteiger partial charge in [-0.15, -0.1) is 0 Å². The summed E-state index contributed by atoms with van der Waals surface area (Å²) in [6.07, 6.45) is 2.37. The predicted molar refractivity (Wildman–Crippen MR) is 59.6 cm³/mol.